The summed E-state index contributed by atoms with van der Waals surface area (Å²) in [5, 5.41) is 5.17. The van der Waals surface area contributed by atoms with Gasteiger partial charge in [0.2, 0.25) is 0 Å². The third kappa shape index (κ3) is 6.21. The molecule has 11 aromatic rings. The van der Waals surface area contributed by atoms with Crippen molar-refractivity contribution in [3.8, 4) is 55.6 Å². The van der Waals surface area contributed by atoms with Gasteiger partial charge in [-0.2, -0.15) is 0 Å². The molecule has 0 bridgehead atoms. The summed E-state index contributed by atoms with van der Waals surface area (Å²) in [5.41, 5.74) is 18.6. The number of thiophene rings is 1. The second-order valence-electron chi connectivity index (χ2n) is 17.3. The molecule has 0 atom stereocenters. The molecule has 0 unspecified atom stereocenters. The Labute approximate surface area is 372 Å². The molecule has 298 valence electrons. The Hall–Kier alpha value is -7.52. The Morgan fingerprint density at radius 2 is 0.857 bits per heavy atom. The monoisotopic (exact) mass is 821 g/mol. The lowest BCUT2D eigenvalue weighted by Gasteiger charge is -2.27. The largest absolute Gasteiger partial charge is 0.311 e. The van der Waals surface area contributed by atoms with Gasteiger partial charge in [-0.15, -0.1) is 11.3 Å². The van der Waals surface area contributed by atoms with Crippen LogP contribution in [0.2, 0.25) is 0 Å². The van der Waals surface area contributed by atoms with E-state index in [-0.39, 0.29) is 5.41 Å². The van der Waals surface area contributed by atoms with E-state index in [1.165, 1.54) is 97.7 Å². The molecule has 2 heteroatoms. The zero-order valence-electron chi connectivity index (χ0n) is 35.2. The molecular formula is C61H43NS. The summed E-state index contributed by atoms with van der Waals surface area (Å²) in [4.78, 5) is 2.39. The van der Waals surface area contributed by atoms with Crippen molar-refractivity contribution in [1.29, 1.82) is 0 Å². The van der Waals surface area contributed by atoms with Crippen LogP contribution < -0.4 is 4.90 Å². The van der Waals surface area contributed by atoms with E-state index in [0.717, 1.165) is 17.1 Å². The van der Waals surface area contributed by atoms with Crippen molar-refractivity contribution in [2.45, 2.75) is 19.3 Å². The molecule has 12 rings (SSSR count). The van der Waals surface area contributed by atoms with Crippen LogP contribution in [0.15, 0.2) is 224 Å². The van der Waals surface area contributed by atoms with Gasteiger partial charge in [0.15, 0.2) is 0 Å². The van der Waals surface area contributed by atoms with E-state index in [1.807, 2.05) is 11.3 Å². The summed E-state index contributed by atoms with van der Waals surface area (Å²) in [6.45, 7) is 4.73. The molecule has 63 heavy (non-hydrogen) atoms. The Bertz CT molecular complexity index is 3510. The van der Waals surface area contributed by atoms with Gasteiger partial charge < -0.3 is 4.90 Å². The third-order valence-corrected chi connectivity index (χ3v) is 14.4. The zero-order valence-corrected chi connectivity index (χ0v) is 36.0. The standard InChI is InChI=1S/C61H43NS/c1-61(2)56-24-7-5-18-53(56)54-23-11-22-52(60(54)61)43-31-37-48(38-32-43)62(47-35-29-42(30-36-47)51-21-12-26-58-59(51)55-19-6-8-25-57(55)63-58)46-33-27-40(28-34-46)44-15-9-16-45(39-44)50-20-10-14-41-13-3-4-17-49(41)50/h3-39H,1-2H3. The van der Waals surface area contributed by atoms with E-state index in [4.69, 9.17) is 0 Å². The fourth-order valence-electron chi connectivity index (χ4n) is 10.3. The van der Waals surface area contributed by atoms with Gasteiger partial charge in [-0.25, -0.2) is 0 Å². The summed E-state index contributed by atoms with van der Waals surface area (Å²) in [5.74, 6) is 0. The quantitative estimate of drug-likeness (QED) is 0.155. The van der Waals surface area contributed by atoms with Crippen LogP contribution in [-0.4, -0.2) is 0 Å². The highest BCUT2D eigenvalue weighted by molar-refractivity contribution is 7.25. The second kappa shape index (κ2) is 14.8. The maximum Gasteiger partial charge on any atom is 0.0462 e. The number of anilines is 3. The van der Waals surface area contributed by atoms with Crippen LogP contribution in [0.5, 0.6) is 0 Å². The maximum absolute atomic E-state index is 2.39. The molecule has 1 aliphatic rings. The predicted octanol–water partition coefficient (Wildman–Crippen LogP) is 17.7. The minimum Gasteiger partial charge on any atom is -0.311 e. The average molecular weight is 822 g/mol. The summed E-state index contributed by atoms with van der Waals surface area (Å²) in [7, 11) is 0. The molecule has 1 aromatic heterocycles. The highest BCUT2D eigenvalue weighted by atomic mass is 32.1. The number of nitrogens with zero attached hydrogens (tertiary/aromatic N) is 1. The summed E-state index contributed by atoms with van der Waals surface area (Å²) >= 11 is 1.87. The van der Waals surface area contributed by atoms with Gasteiger partial charge in [0.25, 0.3) is 0 Å². The number of fused-ring (bicyclic) bond motifs is 7. The van der Waals surface area contributed by atoms with Crippen LogP contribution in [0.4, 0.5) is 17.1 Å². The first-order chi connectivity index (χ1) is 31.0. The molecule has 0 saturated heterocycles. The number of hydrogen-bond donors (Lipinski definition) is 0. The normalized spacial score (nSPS) is 12.7. The highest BCUT2D eigenvalue weighted by Crippen LogP contribution is 2.52. The van der Waals surface area contributed by atoms with Gasteiger partial charge in [-0.3, -0.25) is 0 Å². The van der Waals surface area contributed by atoms with Crippen molar-refractivity contribution < 1.29 is 0 Å². The fourth-order valence-corrected chi connectivity index (χ4v) is 11.4. The van der Waals surface area contributed by atoms with Crippen LogP contribution in [0.25, 0.3) is 86.6 Å². The van der Waals surface area contributed by atoms with Gasteiger partial charge in [0, 0.05) is 42.6 Å². The molecule has 10 aromatic carbocycles. The predicted molar refractivity (Wildman–Crippen MR) is 271 cm³/mol. The van der Waals surface area contributed by atoms with Crippen molar-refractivity contribution in [3.63, 3.8) is 0 Å². The van der Waals surface area contributed by atoms with E-state index in [1.54, 1.807) is 0 Å². The summed E-state index contributed by atoms with van der Waals surface area (Å²) in [6, 6.07) is 82.7. The van der Waals surface area contributed by atoms with Crippen molar-refractivity contribution in [2.24, 2.45) is 0 Å². The first kappa shape index (κ1) is 37.3. The van der Waals surface area contributed by atoms with Crippen LogP contribution in [0, 0.1) is 0 Å². The smallest absolute Gasteiger partial charge is 0.0462 e. The van der Waals surface area contributed by atoms with E-state index < -0.39 is 0 Å². The number of hydrogen-bond acceptors (Lipinski definition) is 2. The molecular weight excluding hydrogens is 779 g/mol. The lowest BCUT2D eigenvalue weighted by atomic mass is 9.79. The molecule has 0 aliphatic heterocycles. The minimum absolute atomic E-state index is 0.0925. The minimum atomic E-state index is -0.0925. The van der Waals surface area contributed by atoms with Gasteiger partial charge in [0.05, 0.1) is 0 Å². The van der Waals surface area contributed by atoms with Crippen LogP contribution in [0.1, 0.15) is 25.0 Å². The molecule has 0 radical (unpaired) electrons. The molecule has 1 heterocycles. The van der Waals surface area contributed by atoms with E-state index in [2.05, 4.69) is 243 Å². The van der Waals surface area contributed by atoms with Crippen molar-refractivity contribution in [2.75, 3.05) is 4.90 Å². The summed E-state index contributed by atoms with van der Waals surface area (Å²) in [6.07, 6.45) is 0. The molecule has 0 N–H and O–H groups in total. The third-order valence-electron chi connectivity index (χ3n) is 13.3. The van der Waals surface area contributed by atoms with Crippen LogP contribution >= 0.6 is 11.3 Å². The Balaban J connectivity index is 0.936. The van der Waals surface area contributed by atoms with Crippen molar-refractivity contribution >= 4 is 59.3 Å². The molecule has 0 saturated carbocycles. The van der Waals surface area contributed by atoms with E-state index in [0.29, 0.717) is 0 Å². The van der Waals surface area contributed by atoms with Crippen LogP contribution in [0.3, 0.4) is 0 Å². The molecule has 0 fully saturated rings. The molecule has 1 nitrogen and oxygen atoms in total. The molecule has 0 spiro atoms. The average Bonchev–Trinajstić information content (AvgIpc) is 3.84. The van der Waals surface area contributed by atoms with Crippen molar-refractivity contribution in [3.05, 3.63) is 236 Å². The van der Waals surface area contributed by atoms with Gasteiger partial charge in [0.1, 0.15) is 0 Å². The number of rotatable bonds is 7. The van der Waals surface area contributed by atoms with Gasteiger partial charge >= 0.3 is 0 Å². The van der Waals surface area contributed by atoms with E-state index in [9.17, 15) is 0 Å². The summed E-state index contributed by atoms with van der Waals surface area (Å²) < 4.78 is 2.64. The Morgan fingerprint density at radius 3 is 1.63 bits per heavy atom. The number of benzene rings is 10. The van der Waals surface area contributed by atoms with E-state index >= 15 is 0 Å². The van der Waals surface area contributed by atoms with Gasteiger partial charge in [-0.1, -0.05) is 184 Å². The fraction of sp³-hybridized carbons (Fsp3) is 0.0492. The topological polar surface area (TPSA) is 3.24 Å². The Kier molecular flexibility index (Phi) is 8.77. The van der Waals surface area contributed by atoms with Gasteiger partial charge in [-0.05, 0) is 132 Å². The zero-order chi connectivity index (χ0) is 42.1. The maximum atomic E-state index is 2.39. The highest BCUT2D eigenvalue weighted by Gasteiger charge is 2.37. The Morgan fingerprint density at radius 1 is 0.349 bits per heavy atom. The first-order valence-corrected chi connectivity index (χ1v) is 22.6. The molecule has 1 aliphatic carbocycles. The lowest BCUT2D eigenvalue weighted by Crippen LogP contribution is -2.16. The van der Waals surface area contributed by atoms with Crippen LogP contribution in [-0.2, 0) is 5.41 Å². The SMILES string of the molecule is CC1(C)c2ccccc2-c2cccc(-c3ccc(N(c4ccc(-c5cccc(-c6cccc7ccccc67)c5)cc4)c4ccc(-c5cccc6sc7ccccc7c56)cc4)cc3)c21. The lowest BCUT2D eigenvalue weighted by molar-refractivity contribution is 0.662. The second-order valence-corrected chi connectivity index (χ2v) is 18.3. The van der Waals surface area contributed by atoms with Crippen molar-refractivity contribution in [1.82, 2.24) is 0 Å². The molecule has 0 amide bonds. The first-order valence-electron chi connectivity index (χ1n) is 21.8.